The second-order valence-corrected chi connectivity index (χ2v) is 7.71. The van der Waals surface area contributed by atoms with Crippen molar-refractivity contribution in [3.05, 3.63) is 53.6 Å². The van der Waals surface area contributed by atoms with Crippen molar-refractivity contribution in [2.24, 2.45) is 5.41 Å². The third-order valence-corrected chi connectivity index (χ3v) is 5.08. The van der Waals surface area contributed by atoms with Crippen LogP contribution in [0.2, 0.25) is 0 Å². The molecule has 1 unspecified atom stereocenters. The van der Waals surface area contributed by atoms with E-state index in [2.05, 4.69) is 36.5 Å². The van der Waals surface area contributed by atoms with Gasteiger partial charge in [-0.15, -0.1) is 0 Å². The van der Waals surface area contributed by atoms with E-state index in [1.807, 2.05) is 32.0 Å². The Hall–Kier alpha value is -2.49. The highest BCUT2D eigenvalue weighted by Gasteiger charge is 2.38. The molecule has 2 aromatic rings. The number of carbonyl (C=O) groups is 1. The van der Waals surface area contributed by atoms with E-state index in [1.54, 1.807) is 0 Å². The fourth-order valence-corrected chi connectivity index (χ4v) is 3.49. The number of carboxylic acid groups (broad SMARTS) is 1. The Morgan fingerprint density at radius 1 is 1.19 bits per heavy atom. The molecule has 0 spiro atoms. The molecule has 0 saturated heterocycles. The molecule has 2 aromatic carbocycles. The van der Waals surface area contributed by atoms with Crippen LogP contribution >= 0.6 is 0 Å². The van der Waals surface area contributed by atoms with E-state index in [0.717, 1.165) is 28.9 Å². The van der Waals surface area contributed by atoms with Gasteiger partial charge in [-0.2, -0.15) is 0 Å². The maximum atomic E-state index is 11.2. The second-order valence-electron chi connectivity index (χ2n) is 7.71. The van der Waals surface area contributed by atoms with Gasteiger partial charge < -0.3 is 15.2 Å². The Kier molecular flexibility index (Phi) is 5.21. The van der Waals surface area contributed by atoms with Gasteiger partial charge in [0.2, 0.25) is 0 Å². The Morgan fingerprint density at radius 3 is 2.54 bits per heavy atom. The predicted octanol–water partition coefficient (Wildman–Crippen LogP) is 5.42. The lowest BCUT2D eigenvalue weighted by atomic mass is 9.78. The average Bonchev–Trinajstić information content (AvgIpc) is 2.62. The van der Waals surface area contributed by atoms with Gasteiger partial charge in [0, 0.05) is 11.0 Å². The third kappa shape index (κ3) is 3.85. The molecule has 0 fully saturated rings. The number of rotatable bonds is 5. The van der Waals surface area contributed by atoms with Crippen molar-refractivity contribution in [1.82, 2.24) is 5.32 Å². The molecule has 1 heterocycles. The summed E-state index contributed by atoms with van der Waals surface area (Å²) in [6.07, 6.45) is 2.51. The standard InChI is InChI=1S/C22H27NO3/c1-4-5-6-15-7-9-16(10-8-15)17-11-12-18-19(13-17)26-14-22(2,3)20(18)23-21(24)25/h7-13,20,23H,4-6,14H2,1-3H3,(H,24,25). The molecule has 0 saturated carbocycles. The third-order valence-electron chi connectivity index (χ3n) is 5.08. The summed E-state index contributed by atoms with van der Waals surface area (Å²) in [5.41, 5.74) is 4.18. The topological polar surface area (TPSA) is 58.6 Å². The zero-order valence-corrected chi connectivity index (χ0v) is 15.7. The summed E-state index contributed by atoms with van der Waals surface area (Å²) in [4.78, 5) is 11.2. The van der Waals surface area contributed by atoms with E-state index in [1.165, 1.54) is 18.4 Å². The second kappa shape index (κ2) is 7.40. The summed E-state index contributed by atoms with van der Waals surface area (Å²) in [5, 5.41) is 11.8. The van der Waals surface area contributed by atoms with Crippen molar-refractivity contribution in [3.63, 3.8) is 0 Å². The molecule has 0 radical (unpaired) electrons. The number of nitrogens with one attached hydrogen (secondary N) is 1. The monoisotopic (exact) mass is 353 g/mol. The van der Waals surface area contributed by atoms with Gasteiger partial charge in [-0.05, 0) is 35.6 Å². The molecule has 138 valence electrons. The molecule has 4 nitrogen and oxygen atoms in total. The van der Waals surface area contributed by atoms with Gasteiger partial charge >= 0.3 is 6.09 Å². The highest BCUT2D eigenvalue weighted by molar-refractivity contribution is 5.69. The molecule has 0 aromatic heterocycles. The average molecular weight is 353 g/mol. The molecular formula is C22H27NO3. The number of ether oxygens (including phenoxy) is 1. The van der Waals surface area contributed by atoms with Crippen LogP contribution in [-0.2, 0) is 6.42 Å². The summed E-state index contributed by atoms with van der Waals surface area (Å²) < 4.78 is 5.96. The van der Waals surface area contributed by atoms with Crippen LogP contribution in [0.25, 0.3) is 11.1 Å². The minimum Gasteiger partial charge on any atom is -0.493 e. The summed E-state index contributed by atoms with van der Waals surface area (Å²) in [7, 11) is 0. The molecule has 3 rings (SSSR count). The largest absolute Gasteiger partial charge is 0.493 e. The van der Waals surface area contributed by atoms with Crippen LogP contribution in [0, 0.1) is 5.41 Å². The number of aryl methyl sites for hydroxylation is 1. The van der Waals surface area contributed by atoms with Crippen molar-refractivity contribution < 1.29 is 14.6 Å². The van der Waals surface area contributed by atoms with Gasteiger partial charge in [-0.25, -0.2) is 4.79 Å². The normalized spacial score (nSPS) is 17.9. The van der Waals surface area contributed by atoms with Crippen LogP contribution in [0.4, 0.5) is 4.79 Å². The summed E-state index contributed by atoms with van der Waals surface area (Å²) >= 11 is 0. The van der Waals surface area contributed by atoms with Gasteiger partial charge in [0.05, 0.1) is 12.6 Å². The van der Waals surface area contributed by atoms with E-state index in [0.29, 0.717) is 6.61 Å². The van der Waals surface area contributed by atoms with Crippen LogP contribution in [0.3, 0.4) is 0 Å². The molecule has 0 bridgehead atoms. The van der Waals surface area contributed by atoms with Gasteiger partial charge in [0.15, 0.2) is 0 Å². The zero-order valence-electron chi connectivity index (χ0n) is 15.7. The Morgan fingerprint density at radius 2 is 1.88 bits per heavy atom. The van der Waals surface area contributed by atoms with Crippen molar-refractivity contribution >= 4 is 6.09 Å². The van der Waals surface area contributed by atoms with Gasteiger partial charge in [0.1, 0.15) is 5.75 Å². The molecule has 1 atom stereocenters. The fraction of sp³-hybridized carbons (Fsp3) is 0.409. The molecule has 1 aliphatic rings. The van der Waals surface area contributed by atoms with Crippen LogP contribution in [0.5, 0.6) is 5.75 Å². The maximum absolute atomic E-state index is 11.2. The van der Waals surface area contributed by atoms with E-state index in [9.17, 15) is 9.90 Å². The quantitative estimate of drug-likeness (QED) is 0.754. The summed E-state index contributed by atoms with van der Waals surface area (Å²) in [6, 6.07) is 14.4. The molecule has 1 aliphatic heterocycles. The molecule has 26 heavy (non-hydrogen) atoms. The number of benzene rings is 2. The number of fused-ring (bicyclic) bond motifs is 1. The van der Waals surface area contributed by atoms with Crippen molar-refractivity contribution in [2.75, 3.05) is 6.61 Å². The van der Waals surface area contributed by atoms with Crippen LogP contribution in [-0.4, -0.2) is 17.8 Å². The van der Waals surface area contributed by atoms with Crippen molar-refractivity contribution in [2.45, 2.75) is 46.1 Å². The number of unbranched alkanes of at least 4 members (excludes halogenated alkanes) is 1. The summed E-state index contributed by atoms with van der Waals surface area (Å²) in [6.45, 7) is 6.71. The Bertz CT molecular complexity index is 780. The van der Waals surface area contributed by atoms with Crippen LogP contribution < -0.4 is 10.1 Å². The molecular weight excluding hydrogens is 326 g/mol. The van der Waals surface area contributed by atoms with Crippen molar-refractivity contribution in [1.29, 1.82) is 0 Å². The predicted molar refractivity (Wildman–Crippen MR) is 104 cm³/mol. The van der Waals surface area contributed by atoms with Crippen LogP contribution in [0.1, 0.15) is 50.8 Å². The maximum Gasteiger partial charge on any atom is 0.405 e. The highest BCUT2D eigenvalue weighted by atomic mass is 16.5. The smallest absolute Gasteiger partial charge is 0.405 e. The minimum absolute atomic E-state index is 0.283. The van der Waals surface area contributed by atoms with Gasteiger partial charge in [0.25, 0.3) is 0 Å². The zero-order chi connectivity index (χ0) is 18.7. The highest BCUT2D eigenvalue weighted by Crippen LogP contribution is 2.44. The Labute approximate surface area is 155 Å². The van der Waals surface area contributed by atoms with Gasteiger partial charge in [-0.1, -0.05) is 63.6 Å². The van der Waals surface area contributed by atoms with E-state index in [-0.39, 0.29) is 11.5 Å². The van der Waals surface area contributed by atoms with Crippen molar-refractivity contribution in [3.8, 4) is 16.9 Å². The van der Waals surface area contributed by atoms with E-state index in [4.69, 9.17) is 4.74 Å². The molecule has 4 heteroatoms. The number of hydrogen-bond donors (Lipinski definition) is 2. The Balaban J connectivity index is 1.88. The lowest BCUT2D eigenvalue weighted by molar-refractivity contribution is 0.0996. The SMILES string of the molecule is CCCCc1ccc(-c2ccc3c(c2)OCC(C)(C)C3NC(=O)O)cc1. The van der Waals surface area contributed by atoms with E-state index < -0.39 is 6.09 Å². The van der Waals surface area contributed by atoms with E-state index >= 15 is 0 Å². The van der Waals surface area contributed by atoms with Gasteiger partial charge in [-0.3, -0.25) is 0 Å². The first-order valence-corrected chi connectivity index (χ1v) is 9.26. The lowest BCUT2D eigenvalue weighted by Crippen LogP contribution is -2.43. The molecule has 0 aliphatic carbocycles. The first-order chi connectivity index (χ1) is 12.4. The first kappa shape index (κ1) is 18.3. The fourth-order valence-electron chi connectivity index (χ4n) is 3.49. The van der Waals surface area contributed by atoms with Crippen LogP contribution in [0.15, 0.2) is 42.5 Å². The summed E-state index contributed by atoms with van der Waals surface area (Å²) in [5.74, 6) is 0.760. The molecule has 1 amide bonds. The lowest BCUT2D eigenvalue weighted by Gasteiger charge is -2.39. The minimum atomic E-state index is -1.01. The first-order valence-electron chi connectivity index (χ1n) is 9.26. The number of amides is 1. The molecule has 2 N–H and O–H groups in total. The number of hydrogen-bond acceptors (Lipinski definition) is 2.